The van der Waals surface area contributed by atoms with Crippen LogP contribution < -0.4 is 10.4 Å². The zero-order valence-corrected chi connectivity index (χ0v) is 19.0. The van der Waals surface area contributed by atoms with E-state index in [4.69, 9.17) is 21.1 Å². The normalized spacial score (nSPS) is 10.9. The van der Waals surface area contributed by atoms with Crippen molar-refractivity contribution < 1.29 is 18.7 Å². The molecule has 1 N–H and O–H groups in total. The Labute approximate surface area is 189 Å². The molecule has 0 aliphatic rings. The number of amides is 1. The molecule has 1 aromatic heterocycles. The standard InChI is InChI=1S/C22H24ClFN4O4/c1-13-7-19(32-11-20-25-26-22(30)28(20)3)16(9-17(13)23)15-8-14(5-6-18(15)24)10-27(2)21(29)12-31-4/h5-9H,10-12H2,1-4H3,(H,26,30). The number of nitrogens with zero attached hydrogens (tertiary/aromatic N) is 3. The summed E-state index contributed by atoms with van der Waals surface area (Å²) < 4.78 is 27.0. The number of carbonyl (C=O) groups excluding carboxylic acids is 1. The summed E-state index contributed by atoms with van der Waals surface area (Å²) in [6.07, 6.45) is 0. The maximum Gasteiger partial charge on any atom is 0.343 e. The first-order valence-corrected chi connectivity index (χ1v) is 10.1. The second kappa shape index (κ2) is 9.97. The van der Waals surface area contributed by atoms with Crippen LogP contribution in [0.4, 0.5) is 4.39 Å². The SMILES string of the molecule is COCC(=O)N(C)Cc1ccc(F)c(-c2cc(Cl)c(C)cc2OCc2n[nH]c(=O)n2C)c1. The number of halogens is 2. The Balaban J connectivity index is 1.95. The Kier molecular flexibility index (Phi) is 7.32. The highest BCUT2D eigenvalue weighted by Gasteiger charge is 2.17. The van der Waals surface area contributed by atoms with Gasteiger partial charge in [-0.15, -0.1) is 0 Å². The van der Waals surface area contributed by atoms with E-state index in [1.807, 2.05) is 6.92 Å². The van der Waals surface area contributed by atoms with E-state index in [0.717, 1.165) is 11.1 Å². The molecule has 8 nitrogen and oxygen atoms in total. The van der Waals surface area contributed by atoms with Gasteiger partial charge in [0.2, 0.25) is 5.91 Å². The van der Waals surface area contributed by atoms with E-state index in [1.54, 1.807) is 38.4 Å². The molecule has 0 atom stereocenters. The third kappa shape index (κ3) is 5.17. The number of hydrogen-bond acceptors (Lipinski definition) is 5. The predicted molar refractivity (Wildman–Crippen MR) is 118 cm³/mol. The van der Waals surface area contributed by atoms with Gasteiger partial charge in [-0.3, -0.25) is 9.36 Å². The molecule has 0 fully saturated rings. The van der Waals surface area contributed by atoms with E-state index >= 15 is 0 Å². The number of aromatic amines is 1. The number of benzene rings is 2. The van der Waals surface area contributed by atoms with Gasteiger partial charge in [-0.25, -0.2) is 14.3 Å². The topological polar surface area (TPSA) is 89.4 Å². The minimum absolute atomic E-state index is 0.00111. The lowest BCUT2D eigenvalue weighted by Crippen LogP contribution is -2.29. The maximum absolute atomic E-state index is 14.9. The number of likely N-dealkylation sites (N-methyl/N-ethyl adjacent to an activating group) is 1. The number of nitrogens with one attached hydrogen (secondary N) is 1. The van der Waals surface area contributed by atoms with E-state index in [9.17, 15) is 14.0 Å². The number of rotatable bonds is 8. The van der Waals surface area contributed by atoms with Gasteiger partial charge in [0.05, 0.1) is 0 Å². The third-order valence-corrected chi connectivity index (χ3v) is 5.43. The summed E-state index contributed by atoms with van der Waals surface area (Å²) in [6, 6.07) is 7.96. The molecule has 0 aliphatic carbocycles. The molecule has 2 aromatic carbocycles. The zero-order chi connectivity index (χ0) is 23.4. The van der Waals surface area contributed by atoms with Gasteiger partial charge in [-0.05, 0) is 42.3 Å². The smallest absolute Gasteiger partial charge is 0.343 e. The lowest BCUT2D eigenvalue weighted by Gasteiger charge is -2.18. The first kappa shape index (κ1) is 23.5. The molecule has 0 unspecified atom stereocenters. The van der Waals surface area contributed by atoms with Crippen molar-refractivity contribution in [1.29, 1.82) is 0 Å². The van der Waals surface area contributed by atoms with Crippen molar-refractivity contribution in [3.8, 4) is 16.9 Å². The molecule has 1 amide bonds. The van der Waals surface area contributed by atoms with Gasteiger partial charge in [0, 0.05) is 43.9 Å². The largest absolute Gasteiger partial charge is 0.485 e. The van der Waals surface area contributed by atoms with E-state index in [-0.39, 0.29) is 36.9 Å². The highest BCUT2D eigenvalue weighted by atomic mass is 35.5. The first-order chi connectivity index (χ1) is 15.2. The van der Waals surface area contributed by atoms with E-state index in [1.165, 1.54) is 22.6 Å². The fourth-order valence-electron chi connectivity index (χ4n) is 3.11. The van der Waals surface area contributed by atoms with Crippen molar-refractivity contribution in [3.63, 3.8) is 0 Å². The lowest BCUT2D eigenvalue weighted by atomic mass is 9.99. The molecular formula is C22H24ClFN4O4. The summed E-state index contributed by atoms with van der Waals surface area (Å²) in [5.41, 5.74) is 1.85. The van der Waals surface area contributed by atoms with Gasteiger partial charge in [0.15, 0.2) is 5.82 Å². The molecule has 170 valence electrons. The Morgan fingerprint density at radius 1 is 1.28 bits per heavy atom. The molecule has 0 saturated heterocycles. The molecule has 3 aromatic rings. The van der Waals surface area contributed by atoms with Gasteiger partial charge in [0.1, 0.15) is 24.8 Å². The van der Waals surface area contributed by atoms with Crippen LogP contribution in [0.5, 0.6) is 5.75 Å². The molecular weight excluding hydrogens is 439 g/mol. The van der Waals surface area contributed by atoms with E-state index in [0.29, 0.717) is 22.2 Å². The van der Waals surface area contributed by atoms with Crippen LogP contribution in [0.2, 0.25) is 5.02 Å². The van der Waals surface area contributed by atoms with Gasteiger partial charge in [-0.1, -0.05) is 17.7 Å². The van der Waals surface area contributed by atoms with E-state index in [2.05, 4.69) is 10.2 Å². The Morgan fingerprint density at radius 2 is 2.03 bits per heavy atom. The van der Waals surface area contributed by atoms with Crippen LogP contribution in [-0.2, 0) is 29.7 Å². The molecule has 0 radical (unpaired) electrons. The lowest BCUT2D eigenvalue weighted by molar-refractivity contribution is -0.134. The van der Waals surface area contributed by atoms with Crippen molar-refractivity contribution in [1.82, 2.24) is 19.7 Å². The predicted octanol–water partition coefficient (Wildman–Crippen LogP) is 3.06. The summed E-state index contributed by atoms with van der Waals surface area (Å²) in [5, 5.41) is 6.72. The Morgan fingerprint density at radius 3 is 2.69 bits per heavy atom. The highest BCUT2D eigenvalue weighted by molar-refractivity contribution is 6.31. The fourth-order valence-corrected chi connectivity index (χ4v) is 3.27. The minimum atomic E-state index is -0.462. The molecule has 0 saturated carbocycles. The molecule has 0 spiro atoms. The molecule has 3 rings (SSSR count). The van der Waals surface area contributed by atoms with Gasteiger partial charge < -0.3 is 14.4 Å². The number of ether oxygens (including phenoxy) is 2. The highest BCUT2D eigenvalue weighted by Crippen LogP contribution is 2.37. The average molecular weight is 463 g/mol. The first-order valence-electron chi connectivity index (χ1n) is 9.76. The summed E-state index contributed by atoms with van der Waals surface area (Å²) in [4.78, 5) is 25.1. The second-order valence-corrected chi connectivity index (χ2v) is 7.79. The average Bonchev–Trinajstić information content (AvgIpc) is 3.08. The third-order valence-electron chi connectivity index (χ3n) is 5.02. The van der Waals surface area contributed by atoms with Crippen LogP contribution in [0.1, 0.15) is 17.0 Å². The fraction of sp³-hybridized carbons (Fsp3) is 0.318. The van der Waals surface area contributed by atoms with Crippen LogP contribution in [0, 0.1) is 12.7 Å². The van der Waals surface area contributed by atoms with Crippen LogP contribution >= 0.6 is 11.6 Å². The number of methoxy groups -OCH3 is 1. The van der Waals surface area contributed by atoms with Gasteiger partial charge in [-0.2, -0.15) is 5.10 Å². The van der Waals surface area contributed by atoms with Crippen molar-refractivity contribution in [2.75, 3.05) is 20.8 Å². The molecule has 1 heterocycles. The molecule has 0 bridgehead atoms. The number of H-pyrrole nitrogens is 1. The van der Waals surface area contributed by atoms with Crippen LogP contribution in [0.25, 0.3) is 11.1 Å². The zero-order valence-electron chi connectivity index (χ0n) is 18.2. The summed E-state index contributed by atoms with van der Waals surface area (Å²) in [6.45, 7) is 2.05. The van der Waals surface area contributed by atoms with Crippen molar-refractivity contribution in [2.24, 2.45) is 7.05 Å². The Bertz CT molecular complexity index is 1190. The molecule has 32 heavy (non-hydrogen) atoms. The maximum atomic E-state index is 14.9. The van der Waals surface area contributed by atoms with Gasteiger partial charge in [0.25, 0.3) is 0 Å². The molecule has 10 heteroatoms. The molecule has 0 aliphatic heterocycles. The van der Waals surface area contributed by atoms with Crippen molar-refractivity contribution >= 4 is 17.5 Å². The number of carbonyl (C=O) groups is 1. The van der Waals surface area contributed by atoms with Crippen LogP contribution in [0.3, 0.4) is 0 Å². The van der Waals surface area contributed by atoms with E-state index < -0.39 is 5.82 Å². The Hall–Kier alpha value is -3.17. The monoisotopic (exact) mass is 462 g/mol. The minimum Gasteiger partial charge on any atom is -0.485 e. The van der Waals surface area contributed by atoms with Crippen molar-refractivity contribution in [3.05, 3.63) is 68.6 Å². The van der Waals surface area contributed by atoms with Gasteiger partial charge >= 0.3 is 5.69 Å². The second-order valence-electron chi connectivity index (χ2n) is 7.39. The van der Waals surface area contributed by atoms with Crippen LogP contribution in [-0.4, -0.2) is 46.3 Å². The summed E-state index contributed by atoms with van der Waals surface area (Å²) in [5.74, 6) is 0.130. The summed E-state index contributed by atoms with van der Waals surface area (Å²) >= 11 is 6.33. The van der Waals surface area contributed by atoms with Crippen LogP contribution in [0.15, 0.2) is 35.1 Å². The number of aromatic nitrogens is 3. The number of aryl methyl sites for hydroxylation is 1. The summed E-state index contributed by atoms with van der Waals surface area (Å²) in [7, 11) is 4.67. The quantitative estimate of drug-likeness (QED) is 0.555. The van der Waals surface area contributed by atoms with Crippen molar-refractivity contribution in [2.45, 2.75) is 20.1 Å². The number of hydrogen-bond donors (Lipinski definition) is 1.